The van der Waals surface area contributed by atoms with Gasteiger partial charge in [-0.25, -0.2) is 9.37 Å². The van der Waals surface area contributed by atoms with Crippen LogP contribution >= 0.6 is 11.3 Å². The number of Topliss-reactive ketones (excluding diaryl/α,β-unsaturated/α-hetero) is 2. The first-order valence-electron chi connectivity index (χ1n) is 11.6. The standard InChI is InChI=1S/C24H34FNO8S/c1-3-18-22(31)20(29)6-4-5-16(27)8-7-14(19(25)10-15-12-35-13(2)26-15)9-17(28)11-21(30)24(33,34)23(18)32/h8,10,12,14,18,20-22,27,29-31,33-34H,3-7,9,11H2,1-2H3/b16-8+,19-10-/t14-,18-,20+,21+,22+/m1/s1. The molecule has 1 aliphatic rings. The number of rotatable bonds is 3. The fourth-order valence-electron chi connectivity index (χ4n) is 4.05. The van der Waals surface area contributed by atoms with Crippen LogP contribution in [-0.4, -0.2) is 71.3 Å². The van der Waals surface area contributed by atoms with Crippen molar-refractivity contribution in [1.82, 2.24) is 4.98 Å². The molecule has 0 spiro atoms. The predicted molar refractivity (Wildman–Crippen MR) is 127 cm³/mol. The molecular formula is C24H34FNO8S. The third kappa shape index (κ3) is 7.99. The van der Waals surface area contributed by atoms with Crippen molar-refractivity contribution >= 4 is 29.0 Å². The average Bonchev–Trinajstić information content (AvgIpc) is 3.20. The van der Waals surface area contributed by atoms with E-state index in [1.54, 1.807) is 12.3 Å². The van der Waals surface area contributed by atoms with E-state index in [0.29, 0.717) is 5.69 Å². The summed E-state index contributed by atoms with van der Waals surface area (Å²) in [7, 11) is 0. The van der Waals surface area contributed by atoms with E-state index in [4.69, 9.17) is 0 Å². The Balaban J connectivity index is 2.35. The van der Waals surface area contributed by atoms with Crippen molar-refractivity contribution in [1.29, 1.82) is 0 Å². The number of nitrogens with zero attached hydrogens (tertiary/aromatic N) is 1. The van der Waals surface area contributed by atoms with Gasteiger partial charge in [-0.1, -0.05) is 6.92 Å². The average molecular weight is 516 g/mol. The Morgan fingerprint density at radius 2 is 1.94 bits per heavy atom. The quantitative estimate of drug-likeness (QED) is 0.330. The number of thiazole rings is 1. The molecule has 1 aromatic rings. The highest BCUT2D eigenvalue weighted by molar-refractivity contribution is 7.09. The highest BCUT2D eigenvalue weighted by Gasteiger charge is 2.47. The highest BCUT2D eigenvalue weighted by atomic mass is 32.1. The summed E-state index contributed by atoms with van der Waals surface area (Å²) in [5.41, 5.74) is 0.367. The molecule has 196 valence electrons. The zero-order valence-corrected chi connectivity index (χ0v) is 20.6. The van der Waals surface area contributed by atoms with Gasteiger partial charge in [0, 0.05) is 30.6 Å². The number of carbonyl (C=O) groups excluding carboxylic acids is 2. The van der Waals surface area contributed by atoms with Gasteiger partial charge in [0.1, 0.15) is 17.7 Å². The molecule has 0 radical (unpaired) electrons. The van der Waals surface area contributed by atoms with E-state index >= 15 is 4.39 Å². The van der Waals surface area contributed by atoms with Crippen molar-refractivity contribution in [2.45, 2.75) is 82.9 Å². The second-order valence-electron chi connectivity index (χ2n) is 8.97. The van der Waals surface area contributed by atoms with E-state index in [9.17, 15) is 40.2 Å². The van der Waals surface area contributed by atoms with Crippen molar-refractivity contribution in [2.24, 2.45) is 11.8 Å². The van der Waals surface area contributed by atoms with Crippen LogP contribution in [0.4, 0.5) is 4.39 Å². The maximum absolute atomic E-state index is 15.1. The molecule has 0 aromatic carbocycles. The molecule has 1 heterocycles. The predicted octanol–water partition coefficient (Wildman–Crippen LogP) is 2.10. The first kappa shape index (κ1) is 29.2. The molecule has 1 aromatic heterocycles. The van der Waals surface area contributed by atoms with Crippen molar-refractivity contribution in [3.63, 3.8) is 0 Å². The van der Waals surface area contributed by atoms with Gasteiger partial charge >= 0.3 is 0 Å². The lowest BCUT2D eigenvalue weighted by Gasteiger charge is -2.32. The number of aryl methyl sites for hydroxylation is 1. The van der Waals surface area contributed by atoms with Crippen molar-refractivity contribution in [3.8, 4) is 0 Å². The Labute approximate surface area is 207 Å². The van der Waals surface area contributed by atoms with Gasteiger partial charge in [0.15, 0.2) is 5.78 Å². The van der Waals surface area contributed by atoms with E-state index in [0.717, 1.165) is 5.01 Å². The number of aliphatic hydroxyl groups excluding tert-OH is 4. The van der Waals surface area contributed by atoms with Gasteiger partial charge in [-0.15, -0.1) is 11.3 Å². The summed E-state index contributed by atoms with van der Waals surface area (Å²) in [5, 5.41) is 64.2. The topological polar surface area (TPSA) is 168 Å². The molecule has 2 rings (SSSR count). The molecule has 0 saturated heterocycles. The third-order valence-electron chi connectivity index (χ3n) is 6.19. The number of aromatic nitrogens is 1. The van der Waals surface area contributed by atoms with Crippen LogP contribution in [0.2, 0.25) is 0 Å². The van der Waals surface area contributed by atoms with Gasteiger partial charge in [-0.2, -0.15) is 0 Å². The van der Waals surface area contributed by atoms with Gasteiger partial charge in [0.25, 0.3) is 5.79 Å². The largest absolute Gasteiger partial charge is 0.513 e. The summed E-state index contributed by atoms with van der Waals surface area (Å²) >= 11 is 1.32. The number of hydrogen-bond acceptors (Lipinski definition) is 10. The Hall–Kier alpha value is -2.02. The molecule has 35 heavy (non-hydrogen) atoms. The van der Waals surface area contributed by atoms with Gasteiger partial charge < -0.3 is 30.6 Å². The van der Waals surface area contributed by atoms with E-state index < -0.39 is 66.2 Å². The summed E-state index contributed by atoms with van der Waals surface area (Å²) in [4.78, 5) is 29.5. The molecule has 6 N–H and O–H groups in total. The van der Waals surface area contributed by atoms with Crippen LogP contribution in [0.5, 0.6) is 0 Å². The Morgan fingerprint density at radius 1 is 1.26 bits per heavy atom. The molecule has 0 saturated carbocycles. The van der Waals surface area contributed by atoms with Crippen LogP contribution in [0.1, 0.15) is 62.6 Å². The monoisotopic (exact) mass is 515 g/mol. The van der Waals surface area contributed by atoms with Crippen molar-refractivity contribution in [2.75, 3.05) is 0 Å². The van der Waals surface area contributed by atoms with Crippen LogP contribution in [0, 0.1) is 18.8 Å². The molecular weight excluding hydrogens is 481 g/mol. The van der Waals surface area contributed by atoms with E-state index in [1.165, 1.54) is 30.4 Å². The van der Waals surface area contributed by atoms with Crippen LogP contribution in [0.15, 0.2) is 23.0 Å². The number of aliphatic hydroxyl groups is 6. The van der Waals surface area contributed by atoms with Crippen LogP contribution in [0.25, 0.3) is 6.08 Å². The van der Waals surface area contributed by atoms with Crippen LogP contribution < -0.4 is 0 Å². The molecule has 9 nitrogen and oxygen atoms in total. The highest BCUT2D eigenvalue weighted by Crippen LogP contribution is 2.29. The molecule has 0 fully saturated rings. The lowest BCUT2D eigenvalue weighted by Crippen LogP contribution is -2.55. The lowest BCUT2D eigenvalue weighted by atomic mass is 9.82. The number of hydrogen-bond donors (Lipinski definition) is 6. The number of allylic oxidation sites excluding steroid dienone is 3. The summed E-state index contributed by atoms with van der Waals surface area (Å²) in [6.45, 7) is 3.25. The second-order valence-corrected chi connectivity index (χ2v) is 10.0. The molecule has 0 aliphatic heterocycles. The Bertz CT molecular complexity index is 944. The zero-order valence-electron chi connectivity index (χ0n) is 19.8. The van der Waals surface area contributed by atoms with E-state index in [2.05, 4.69) is 4.98 Å². The second kappa shape index (κ2) is 12.8. The molecule has 0 bridgehead atoms. The van der Waals surface area contributed by atoms with Gasteiger partial charge in [-0.3, -0.25) is 9.59 Å². The first-order valence-corrected chi connectivity index (χ1v) is 12.5. The smallest absolute Gasteiger partial charge is 0.251 e. The maximum atomic E-state index is 15.1. The normalized spacial score (nSPS) is 31.7. The van der Waals surface area contributed by atoms with E-state index in [-0.39, 0.29) is 37.9 Å². The van der Waals surface area contributed by atoms with E-state index in [1.807, 2.05) is 0 Å². The van der Waals surface area contributed by atoms with Crippen molar-refractivity contribution in [3.05, 3.63) is 33.7 Å². The molecule has 5 atom stereocenters. The number of halogens is 1. The summed E-state index contributed by atoms with van der Waals surface area (Å²) in [6.07, 6.45) is -3.85. The minimum Gasteiger partial charge on any atom is -0.513 e. The van der Waals surface area contributed by atoms with Gasteiger partial charge in [0.2, 0.25) is 0 Å². The minimum atomic E-state index is -3.35. The molecule has 1 aliphatic carbocycles. The van der Waals surface area contributed by atoms with Crippen LogP contribution in [0.3, 0.4) is 0 Å². The van der Waals surface area contributed by atoms with Crippen molar-refractivity contribution < 1.29 is 44.6 Å². The number of carbonyl (C=O) groups is 2. The number of ketones is 2. The third-order valence-corrected chi connectivity index (χ3v) is 6.98. The first-order chi connectivity index (χ1) is 16.4. The van der Waals surface area contributed by atoms with Gasteiger partial charge in [0.05, 0.1) is 34.6 Å². The lowest BCUT2D eigenvalue weighted by molar-refractivity contribution is -0.227. The molecule has 0 unspecified atom stereocenters. The maximum Gasteiger partial charge on any atom is 0.251 e. The zero-order chi connectivity index (χ0) is 26.3. The minimum absolute atomic E-state index is 0.00534. The Morgan fingerprint density at radius 3 is 2.54 bits per heavy atom. The summed E-state index contributed by atoms with van der Waals surface area (Å²) in [6, 6.07) is 0. The Kier molecular flexibility index (Phi) is 10.7. The molecule has 11 heteroatoms. The SMILES string of the molecule is CC[C@H]1C(=O)C(O)(O)[C@@H](O)CC(=O)C[C@H](/C(F)=C/c2csc(C)n2)C/C=C(/O)CCC[C@H](O)[C@H]1O. The molecule has 0 amide bonds. The van der Waals surface area contributed by atoms with Gasteiger partial charge in [-0.05, 0) is 44.8 Å². The fourth-order valence-corrected chi connectivity index (χ4v) is 4.62. The fraction of sp³-hybridized carbons (Fsp3) is 0.625. The summed E-state index contributed by atoms with van der Waals surface area (Å²) in [5.74, 6) is -8.63. The van der Waals surface area contributed by atoms with Crippen LogP contribution in [-0.2, 0) is 9.59 Å². The summed E-state index contributed by atoms with van der Waals surface area (Å²) < 4.78 is 15.1.